The second-order valence-corrected chi connectivity index (χ2v) is 11.9. The fourth-order valence-electron chi connectivity index (χ4n) is 4.66. The van der Waals surface area contributed by atoms with Crippen LogP contribution >= 0.6 is 0 Å². The highest BCUT2D eigenvalue weighted by atomic mass is 16.6. The normalized spacial score (nSPS) is 13.5. The van der Waals surface area contributed by atoms with Crippen LogP contribution in [0.4, 0.5) is 0 Å². The van der Waals surface area contributed by atoms with E-state index in [4.69, 9.17) is 9.47 Å². The summed E-state index contributed by atoms with van der Waals surface area (Å²) in [5.74, 6) is -0.233. The van der Waals surface area contributed by atoms with Crippen LogP contribution in [0.1, 0.15) is 142 Å². The quantitative estimate of drug-likeness (QED) is 0.0436. The molecule has 266 valence electrons. The van der Waals surface area contributed by atoms with Crippen LogP contribution in [0.2, 0.25) is 0 Å². The maximum atomic E-state index is 12.2. The monoisotopic (exact) mass is 651 g/mol. The summed E-state index contributed by atoms with van der Waals surface area (Å²) in [7, 11) is 0. The van der Waals surface area contributed by atoms with E-state index in [2.05, 4.69) is 111 Å². The van der Waals surface area contributed by atoms with Gasteiger partial charge in [-0.2, -0.15) is 0 Å². The lowest BCUT2D eigenvalue weighted by molar-refractivity contribution is -0.154. The number of esters is 1. The van der Waals surface area contributed by atoms with Gasteiger partial charge in [-0.15, -0.1) is 0 Å². The second-order valence-electron chi connectivity index (χ2n) is 11.9. The Hall–Kier alpha value is -2.69. The number of allylic oxidation sites excluding steroid dienone is 16. The molecule has 0 aromatic heterocycles. The smallest absolute Gasteiger partial charge is 0.306 e. The molecule has 0 bridgehead atoms. The van der Waals surface area contributed by atoms with Gasteiger partial charge in [0.05, 0.1) is 13.2 Å². The lowest BCUT2D eigenvalue weighted by Crippen LogP contribution is -2.27. The number of hydrogen-bond acceptors (Lipinski definition) is 4. The highest BCUT2D eigenvalue weighted by Crippen LogP contribution is 2.10. The average molecular weight is 651 g/mol. The van der Waals surface area contributed by atoms with E-state index < -0.39 is 6.10 Å². The van der Waals surface area contributed by atoms with Gasteiger partial charge < -0.3 is 14.6 Å². The van der Waals surface area contributed by atoms with Crippen LogP contribution in [-0.4, -0.2) is 37.0 Å². The molecule has 4 nitrogen and oxygen atoms in total. The molecule has 0 saturated heterocycles. The van der Waals surface area contributed by atoms with Crippen LogP contribution in [-0.2, 0) is 14.3 Å². The molecule has 0 fully saturated rings. The van der Waals surface area contributed by atoms with Gasteiger partial charge in [0.1, 0.15) is 6.10 Å². The fourth-order valence-corrected chi connectivity index (χ4v) is 4.66. The first-order chi connectivity index (χ1) is 23.2. The Bertz CT molecular complexity index is 903. The molecule has 4 heteroatoms. The Kier molecular flexibility index (Phi) is 37.2. The molecule has 1 unspecified atom stereocenters. The second kappa shape index (κ2) is 39.5. The SMILES string of the molecule is CC/C=C\C/C=C\C/C=C\C/C=C\C/C=C\CCCCCCCC(=O)OC(CO)COCCCCCC/C=C\C/C=C\C/C=C\CC. The van der Waals surface area contributed by atoms with Crippen LogP contribution < -0.4 is 0 Å². The number of unbranched alkanes of at least 4 members (excludes halogenated alkanes) is 9. The summed E-state index contributed by atoms with van der Waals surface area (Å²) in [4.78, 5) is 12.2. The van der Waals surface area contributed by atoms with Gasteiger partial charge in [0, 0.05) is 13.0 Å². The van der Waals surface area contributed by atoms with Gasteiger partial charge in [0.2, 0.25) is 0 Å². The predicted octanol–water partition coefficient (Wildman–Crippen LogP) is 12.2. The minimum Gasteiger partial charge on any atom is -0.457 e. The predicted molar refractivity (Wildman–Crippen MR) is 205 cm³/mol. The van der Waals surface area contributed by atoms with Crippen molar-refractivity contribution in [3.05, 3.63) is 97.2 Å². The van der Waals surface area contributed by atoms with Crippen LogP contribution in [0.25, 0.3) is 0 Å². The summed E-state index contributed by atoms with van der Waals surface area (Å²) in [6.45, 7) is 5.02. The molecule has 0 heterocycles. The summed E-state index contributed by atoms with van der Waals surface area (Å²) < 4.78 is 11.1. The molecule has 0 aliphatic rings. The van der Waals surface area contributed by atoms with E-state index in [1.54, 1.807) is 0 Å². The Morgan fingerprint density at radius 1 is 0.511 bits per heavy atom. The largest absolute Gasteiger partial charge is 0.457 e. The number of hydrogen-bond donors (Lipinski definition) is 1. The minimum atomic E-state index is -0.562. The van der Waals surface area contributed by atoms with Crippen molar-refractivity contribution >= 4 is 5.97 Å². The van der Waals surface area contributed by atoms with Gasteiger partial charge in [0.15, 0.2) is 0 Å². The van der Waals surface area contributed by atoms with E-state index >= 15 is 0 Å². The van der Waals surface area contributed by atoms with Crippen molar-refractivity contribution in [2.45, 2.75) is 148 Å². The van der Waals surface area contributed by atoms with E-state index in [1.807, 2.05) is 0 Å². The van der Waals surface area contributed by atoms with Crippen molar-refractivity contribution in [1.29, 1.82) is 0 Å². The lowest BCUT2D eigenvalue weighted by Gasteiger charge is -2.15. The molecule has 0 aliphatic carbocycles. The molecule has 0 rings (SSSR count). The van der Waals surface area contributed by atoms with Crippen LogP contribution in [0.3, 0.4) is 0 Å². The third-order valence-electron chi connectivity index (χ3n) is 7.40. The zero-order chi connectivity index (χ0) is 34.1. The Morgan fingerprint density at radius 3 is 1.34 bits per heavy atom. The summed E-state index contributed by atoms with van der Waals surface area (Å²) >= 11 is 0. The van der Waals surface area contributed by atoms with Gasteiger partial charge in [-0.25, -0.2) is 0 Å². The number of carbonyl (C=O) groups excluding carboxylic acids is 1. The van der Waals surface area contributed by atoms with Crippen molar-refractivity contribution in [3.8, 4) is 0 Å². The van der Waals surface area contributed by atoms with Crippen molar-refractivity contribution in [3.63, 3.8) is 0 Å². The number of aliphatic hydroxyl groups is 1. The van der Waals surface area contributed by atoms with Gasteiger partial charge in [-0.05, 0) is 89.9 Å². The standard InChI is InChI=1S/C43H70O4/c1-3-5-7-9-11-13-15-17-19-20-21-22-23-24-25-26-28-30-32-34-36-38-43(45)47-42(40-44)41-46-39-37-35-33-31-29-27-18-16-14-12-10-8-6-4-2/h5-8,11-14,17-19,21-22,24-25,27,42,44H,3-4,9-10,15-16,20,23,26,28-41H2,1-2H3/b7-5-,8-6-,13-11-,14-12-,19-17-,22-21-,25-24-,27-18-. The van der Waals surface area contributed by atoms with Gasteiger partial charge in [0.25, 0.3) is 0 Å². The van der Waals surface area contributed by atoms with Crippen molar-refractivity contribution in [1.82, 2.24) is 0 Å². The van der Waals surface area contributed by atoms with Crippen molar-refractivity contribution < 1.29 is 19.4 Å². The van der Waals surface area contributed by atoms with Crippen molar-refractivity contribution in [2.75, 3.05) is 19.8 Å². The number of aliphatic hydroxyl groups excluding tert-OH is 1. The topological polar surface area (TPSA) is 55.8 Å². The molecule has 0 amide bonds. The minimum absolute atomic E-state index is 0.196. The molecule has 1 N–H and O–H groups in total. The van der Waals surface area contributed by atoms with E-state index in [9.17, 15) is 9.90 Å². The molecule has 0 aromatic carbocycles. The first kappa shape index (κ1) is 44.3. The molecule has 47 heavy (non-hydrogen) atoms. The average Bonchev–Trinajstić information content (AvgIpc) is 3.08. The van der Waals surface area contributed by atoms with Crippen LogP contribution in [0.15, 0.2) is 97.2 Å². The highest BCUT2D eigenvalue weighted by molar-refractivity contribution is 5.69. The van der Waals surface area contributed by atoms with Gasteiger partial charge >= 0.3 is 5.97 Å². The van der Waals surface area contributed by atoms with Crippen LogP contribution in [0, 0.1) is 0 Å². The fraction of sp³-hybridized carbons (Fsp3) is 0.605. The Labute approximate surface area is 290 Å². The molecule has 0 radical (unpaired) electrons. The van der Waals surface area contributed by atoms with Crippen molar-refractivity contribution in [2.24, 2.45) is 0 Å². The molecule has 0 aliphatic heterocycles. The molecule has 0 aromatic rings. The highest BCUT2D eigenvalue weighted by Gasteiger charge is 2.13. The first-order valence-corrected chi connectivity index (χ1v) is 18.8. The maximum absolute atomic E-state index is 12.2. The lowest BCUT2D eigenvalue weighted by atomic mass is 10.1. The zero-order valence-electron chi connectivity index (χ0n) is 30.3. The number of ether oxygens (including phenoxy) is 2. The molecule has 0 saturated carbocycles. The first-order valence-electron chi connectivity index (χ1n) is 18.8. The molecular weight excluding hydrogens is 580 g/mol. The van der Waals surface area contributed by atoms with E-state index in [0.717, 1.165) is 96.3 Å². The summed E-state index contributed by atoms with van der Waals surface area (Å²) in [5.41, 5.74) is 0. The summed E-state index contributed by atoms with van der Waals surface area (Å²) in [6, 6.07) is 0. The summed E-state index contributed by atoms with van der Waals surface area (Å²) in [5, 5.41) is 9.56. The molecule has 1 atom stereocenters. The Balaban J connectivity index is 3.59. The van der Waals surface area contributed by atoms with E-state index in [0.29, 0.717) is 13.0 Å². The van der Waals surface area contributed by atoms with Gasteiger partial charge in [-0.1, -0.05) is 143 Å². The maximum Gasteiger partial charge on any atom is 0.306 e. The number of rotatable bonds is 33. The Morgan fingerprint density at radius 2 is 0.894 bits per heavy atom. The number of carbonyl (C=O) groups is 1. The zero-order valence-corrected chi connectivity index (χ0v) is 30.3. The molecule has 0 spiro atoms. The third-order valence-corrected chi connectivity index (χ3v) is 7.40. The molecular formula is C43H70O4. The van der Waals surface area contributed by atoms with E-state index in [-0.39, 0.29) is 19.2 Å². The van der Waals surface area contributed by atoms with Gasteiger partial charge in [-0.3, -0.25) is 4.79 Å². The van der Waals surface area contributed by atoms with Crippen LogP contribution in [0.5, 0.6) is 0 Å². The van der Waals surface area contributed by atoms with E-state index in [1.165, 1.54) is 25.7 Å². The third kappa shape index (κ3) is 37.6. The summed E-state index contributed by atoms with van der Waals surface area (Å²) in [6.07, 6.45) is 55.9.